The topological polar surface area (TPSA) is 9.23 Å². The van der Waals surface area contributed by atoms with Crippen LogP contribution in [0.25, 0.3) is 0 Å². The Hall–Kier alpha value is -0.470. The number of ether oxygens (including phenoxy) is 1. The van der Waals surface area contributed by atoms with Gasteiger partial charge in [-0.05, 0) is 31.4 Å². The van der Waals surface area contributed by atoms with E-state index in [0.717, 1.165) is 24.7 Å². The van der Waals surface area contributed by atoms with E-state index in [4.69, 9.17) is 4.74 Å². The Morgan fingerprint density at radius 3 is 2.44 bits per heavy atom. The summed E-state index contributed by atoms with van der Waals surface area (Å²) < 4.78 is 5.75. The molecule has 0 N–H and O–H groups in total. The van der Waals surface area contributed by atoms with Gasteiger partial charge in [-0.1, -0.05) is 32.0 Å². The van der Waals surface area contributed by atoms with Gasteiger partial charge >= 0.3 is 0 Å². The minimum Gasteiger partial charge on any atom is -0.378 e. The van der Waals surface area contributed by atoms with Gasteiger partial charge in [0.05, 0.1) is 12.7 Å². The summed E-state index contributed by atoms with van der Waals surface area (Å²) in [5, 5.41) is 0. The summed E-state index contributed by atoms with van der Waals surface area (Å²) in [7, 11) is 0. The molecule has 1 unspecified atom stereocenters. The molecule has 1 atom stereocenters. The highest BCUT2D eigenvalue weighted by atomic mass is 32.2. The molecule has 0 aliphatic heterocycles. The fourth-order valence-electron chi connectivity index (χ4n) is 1.66. The van der Waals surface area contributed by atoms with Gasteiger partial charge in [0.25, 0.3) is 0 Å². The molecule has 0 aliphatic rings. The van der Waals surface area contributed by atoms with Gasteiger partial charge in [-0.3, -0.25) is 0 Å². The van der Waals surface area contributed by atoms with Crippen LogP contribution >= 0.6 is 11.8 Å². The van der Waals surface area contributed by atoms with Crippen molar-refractivity contribution in [3.63, 3.8) is 0 Å². The predicted molar refractivity (Wildman–Crippen MR) is 72.0 cm³/mol. The van der Waals surface area contributed by atoms with Crippen LogP contribution in [0.4, 0.5) is 0 Å². The van der Waals surface area contributed by atoms with Gasteiger partial charge in [0.15, 0.2) is 0 Å². The maximum Gasteiger partial charge on any atom is 0.0563 e. The first-order chi connectivity index (χ1) is 7.68. The van der Waals surface area contributed by atoms with Gasteiger partial charge in [-0.15, -0.1) is 11.8 Å². The molecule has 0 aromatic heterocycles. The second-order valence-electron chi connectivity index (χ2n) is 4.47. The zero-order valence-electron chi connectivity index (χ0n) is 10.5. The van der Waals surface area contributed by atoms with Crippen molar-refractivity contribution in [2.24, 2.45) is 5.92 Å². The smallest absolute Gasteiger partial charge is 0.0563 e. The molecule has 2 heteroatoms. The largest absolute Gasteiger partial charge is 0.378 e. The minimum atomic E-state index is 0.386. The van der Waals surface area contributed by atoms with Crippen molar-refractivity contribution in [3.8, 4) is 0 Å². The number of hydrogen-bond donors (Lipinski definition) is 0. The molecule has 0 heterocycles. The first-order valence-corrected chi connectivity index (χ1v) is 6.96. The van der Waals surface area contributed by atoms with Crippen molar-refractivity contribution in [1.82, 2.24) is 0 Å². The molecule has 90 valence electrons. The van der Waals surface area contributed by atoms with Gasteiger partial charge in [0, 0.05) is 10.6 Å². The lowest BCUT2D eigenvalue weighted by Gasteiger charge is -2.14. The Bertz CT molecular complexity index is 271. The van der Waals surface area contributed by atoms with Crippen LogP contribution in [-0.2, 0) is 4.74 Å². The van der Waals surface area contributed by atoms with Crippen LogP contribution in [0.15, 0.2) is 35.2 Å². The molecule has 0 amide bonds. The molecule has 16 heavy (non-hydrogen) atoms. The second kappa shape index (κ2) is 7.75. The third-order valence-corrected chi connectivity index (χ3v) is 3.28. The highest BCUT2D eigenvalue weighted by molar-refractivity contribution is 7.99. The van der Waals surface area contributed by atoms with E-state index in [9.17, 15) is 0 Å². The SMILES string of the molecule is CC(C)CC(C)OCCSc1ccccc1. The van der Waals surface area contributed by atoms with E-state index in [0.29, 0.717) is 6.10 Å². The van der Waals surface area contributed by atoms with Gasteiger partial charge in [0.2, 0.25) is 0 Å². The van der Waals surface area contributed by atoms with E-state index < -0.39 is 0 Å². The Balaban J connectivity index is 2.08. The van der Waals surface area contributed by atoms with E-state index in [-0.39, 0.29) is 0 Å². The van der Waals surface area contributed by atoms with Crippen LogP contribution in [0.5, 0.6) is 0 Å². The first kappa shape index (κ1) is 13.6. The van der Waals surface area contributed by atoms with Crippen LogP contribution in [0.2, 0.25) is 0 Å². The molecule has 0 saturated heterocycles. The fraction of sp³-hybridized carbons (Fsp3) is 0.571. The van der Waals surface area contributed by atoms with E-state index >= 15 is 0 Å². The molecule has 0 radical (unpaired) electrons. The molecule has 1 rings (SSSR count). The lowest BCUT2D eigenvalue weighted by molar-refractivity contribution is 0.0633. The number of benzene rings is 1. The van der Waals surface area contributed by atoms with Gasteiger partial charge < -0.3 is 4.74 Å². The van der Waals surface area contributed by atoms with E-state index in [2.05, 4.69) is 45.0 Å². The normalized spacial score (nSPS) is 13.0. The summed E-state index contributed by atoms with van der Waals surface area (Å²) in [6, 6.07) is 10.5. The average molecular weight is 238 g/mol. The molecule has 0 aliphatic carbocycles. The molecule has 1 aromatic carbocycles. The summed E-state index contributed by atoms with van der Waals surface area (Å²) in [6.45, 7) is 7.47. The quantitative estimate of drug-likeness (QED) is 0.519. The summed E-state index contributed by atoms with van der Waals surface area (Å²) in [5.74, 6) is 1.75. The number of hydrogen-bond acceptors (Lipinski definition) is 2. The van der Waals surface area contributed by atoms with Crippen molar-refractivity contribution in [3.05, 3.63) is 30.3 Å². The highest BCUT2D eigenvalue weighted by Crippen LogP contribution is 2.17. The minimum absolute atomic E-state index is 0.386. The molecule has 1 aromatic rings. The van der Waals surface area contributed by atoms with Crippen molar-refractivity contribution in [1.29, 1.82) is 0 Å². The third-order valence-electron chi connectivity index (χ3n) is 2.30. The van der Waals surface area contributed by atoms with E-state index in [1.54, 1.807) is 0 Å². The maximum absolute atomic E-state index is 5.75. The van der Waals surface area contributed by atoms with Gasteiger partial charge in [-0.25, -0.2) is 0 Å². The number of rotatable bonds is 7. The first-order valence-electron chi connectivity index (χ1n) is 5.98. The molecular weight excluding hydrogens is 216 g/mol. The van der Waals surface area contributed by atoms with Crippen LogP contribution < -0.4 is 0 Å². The maximum atomic E-state index is 5.75. The molecule has 0 saturated carbocycles. The van der Waals surface area contributed by atoms with Crippen molar-refractivity contribution < 1.29 is 4.74 Å². The number of thioether (sulfide) groups is 1. The Morgan fingerprint density at radius 1 is 1.12 bits per heavy atom. The molecular formula is C14H22OS. The second-order valence-corrected chi connectivity index (χ2v) is 5.64. The molecule has 0 spiro atoms. The van der Waals surface area contributed by atoms with Crippen LogP contribution in [0.3, 0.4) is 0 Å². The summed E-state index contributed by atoms with van der Waals surface area (Å²) >= 11 is 1.86. The summed E-state index contributed by atoms with van der Waals surface area (Å²) in [4.78, 5) is 1.32. The summed E-state index contributed by atoms with van der Waals surface area (Å²) in [6.07, 6.45) is 1.53. The zero-order valence-corrected chi connectivity index (χ0v) is 11.3. The van der Waals surface area contributed by atoms with Crippen LogP contribution in [0.1, 0.15) is 27.2 Å². The molecule has 1 nitrogen and oxygen atoms in total. The van der Waals surface area contributed by atoms with Gasteiger partial charge in [-0.2, -0.15) is 0 Å². The Kier molecular flexibility index (Phi) is 6.58. The molecule has 0 bridgehead atoms. The Labute approximate surface area is 104 Å². The Morgan fingerprint density at radius 2 is 1.81 bits per heavy atom. The lowest BCUT2D eigenvalue weighted by atomic mass is 10.1. The standard InChI is InChI=1S/C14H22OS/c1-12(2)11-13(3)15-9-10-16-14-7-5-4-6-8-14/h4-8,12-13H,9-11H2,1-3H3. The zero-order chi connectivity index (χ0) is 11.8. The summed E-state index contributed by atoms with van der Waals surface area (Å²) in [5.41, 5.74) is 0. The van der Waals surface area contributed by atoms with Crippen molar-refractivity contribution >= 4 is 11.8 Å². The van der Waals surface area contributed by atoms with E-state index in [1.807, 2.05) is 17.8 Å². The highest BCUT2D eigenvalue weighted by Gasteiger charge is 2.04. The van der Waals surface area contributed by atoms with Crippen molar-refractivity contribution in [2.75, 3.05) is 12.4 Å². The molecule has 0 fully saturated rings. The fourth-order valence-corrected chi connectivity index (χ4v) is 2.42. The lowest BCUT2D eigenvalue weighted by Crippen LogP contribution is -2.13. The average Bonchev–Trinajstić information content (AvgIpc) is 2.25. The van der Waals surface area contributed by atoms with Gasteiger partial charge in [0.1, 0.15) is 0 Å². The predicted octanol–water partition coefficient (Wildman–Crippen LogP) is 4.23. The van der Waals surface area contributed by atoms with Crippen molar-refractivity contribution in [2.45, 2.75) is 38.2 Å². The van der Waals surface area contributed by atoms with E-state index in [1.165, 1.54) is 4.90 Å². The van der Waals surface area contributed by atoms with Crippen LogP contribution in [0, 0.1) is 5.92 Å². The third kappa shape index (κ3) is 6.19. The monoisotopic (exact) mass is 238 g/mol. The van der Waals surface area contributed by atoms with Crippen LogP contribution in [-0.4, -0.2) is 18.5 Å².